The number of furan rings is 1. The fraction of sp³-hybridized carbons (Fsp3) is 0.786. The average molecular weight is 503 g/mol. The van der Waals surface area contributed by atoms with Gasteiger partial charge in [-0.1, -0.05) is 40.7 Å². The van der Waals surface area contributed by atoms with E-state index in [4.69, 9.17) is 28.1 Å². The van der Waals surface area contributed by atoms with Crippen LogP contribution in [0.15, 0.2) is 34.7 Å². The molecular formula is C28H38O8. The van der Waals surface area contributed by atoms with E-state index < -0.39 is 51.6 Å². The molecule has 0 radical (unpaired) electrons. The van der Waals surface area contributed by atoms with E-state index >= 15 is 0 Å². The minimum Gasteiger partial charge on any atom is -0.472 e. The number of hydrogen-bond acceptors (Lipinski definition) is 8. The molecule has 2 aliphatic carbocycles. The smallest absolute Gasteiger partial charge is 0.226 e. The van der Waals surface area contributed by atoms with Crippen molar-refractivity contribution in [2.45, 2.75) is 108 Å². The Bertz CT molecular complexity index is 1140. The minimum atomic E-state index is -1.71. The molecule has 6 aliphatic rings. The molecule has 4 saturated heterocycles. The van der Waals surface area contributed by atoms with Gasteiger partial charge < -0.3 is 38.3 Å². The highest BCUT2D eigenvalue weighted by atomic mass is 16.8. The summed E-state index contributed by atoms with van der Waals surface area (Å²) >= 11 is 0. The molecule has 198 valence electrons. The monoisotopic (exact) mass is 502 g/mol. The lowest BCUT2D eigenvalue weighted by Gasteiger charge is -2.72. The minimum absolute atomic E-state index is 0.0300. The van der Waals surface area contributed by atoms with Gasteiger partial charge in [0.25, 0.3) is 0 Å². The standard InChI is InChI=1S/C28H38O8/c1-15(2)24-13-18-23(6,19(33-24)17-8-11-32-14-17)9-10-25(29)27(18)21(34-24)26(30)20(35-25)22(4,5)12-16(3)28(26,31-7)36-27/h8,11-12,14-15,18-21,29-30H,9-10,13H2,1-7H3/t18-,19+,20+,21-,23-,24-,25+,26+,27-,28-/m1/s1. The van der Waals surface area contributed by atoms with Crippen LogP contribution in [0.2, 0.25) is 0 Å². The van der Waals surface area contributed by atoms with E-state index in [-0.39, 0.29) is 17.9 Å². The highest BCUT2D eigenvalue weighted by molar-refractivity contribution is 5.43. The third kappa shape index (κ3) is 2.19. The molecular weight excluding hydrogens is 464 g/mol. The summed E-state index contributed by atoms with van der Waals surface area (Å²) < 4.78 is 39.3. The molecule has 0 aromatic carbocycles. The van der Waals surface area contributed by atoms with Crippen molar-refractivity contribution in [2.75, 3.05) is 7.11 Å². The fourth-order valence-corrected chi connectivity index (χ4v) is 9.14. The topological polar surface area (TPSA) is 99.8 Å². The summed E-state index contributed by atoms with van der Waals surface area (Å²) in [6.07, 6.45) is 4.79. The van der Waals surface area contributed by atoms with E-state index in [9.17, 15) is 10.2 Å². The van der Waals surface area contributed by atoms with E-state index in [1.54, 1.807) is 19.6 Å². The first-order valence-corrected chi connectivity index (χ1v) is 13.2. The number of hydrogen-bond donors (Lipinski definition) is 2. The first-order valence-electron chi connectivity index (χ1n) is 13.2. The van der Waals surface area contributed by atoms with Crippen molar-refractivity contribution in [1.29, 1.82) is 0 Å². The Morgan fingerprint density at radius 2 is 1.81 bits per heavy atom. The van der Waals surface area contributed by atoms with E-state index in [1.807, 2.05) is 32.9 Å². The molecule has 4 bridgehead atoms. The molecule has 1 spiro atoms. The quantitative estimate of drug-likeness (QED) is 0.602. The number of methoxy groups -OCH3 is 1. The molecule has 0 amide bonds. The molecule has 5 heterocycles. The van der Waals surface area contributed by atoms with Crippen LogP contribution in [0.25, 0.3) is 0 Å². The molecule has 8 heteroatoms. The summed E-state index contributed by atoms with van der Waals surface area (Å²) in [4.78, 5) is 0. The molecule has 1 aromatic heterocycles. The second kappa shape index (κ2) is 6.47. The largest absolute Gasteiger partial charge is 0.472 e. The van der Waals surface area contributed by atoms with Crippen molar-refractivity contribution in [3.63, 3.8) is 0 Å². The van der Waals surface area contributed by atoms with Crippen molar-refractivity contribution >= 4 is 0 Å². The highest BCUT2D eigenvalue weighted by Crippen LogP contribution is 2.77. The lowest BCUT2D eigenvalue weighted by Crippen LogP contribution is -2.86. The van der Waals surface area contributed by atoms with Gasteiger partial charge in [-0.15, -0.1) is 0 Å². The van der Waals surface area contributed by atoms with Crippen molar-refractivity contribution in [3.05, 3.63) is 35.8 Å². The van der Waals surface area contributed by atoms with Crippen LogP contribution >= 0.6 is 0 Å². The van der Waals surface area contributed by atoms with Crippen LogP contribution in [-0.2, 0) is 23.7 Å². The van der Waals surface area contributed by atoms with Gasteiger partial charge in [-0.3, -0.25) is 0 Å². The summed E-state index contributed by atoms with van der Waals surface area (Å²) in [6, 6.07) is 1.93. The third-order valence-corrected chi connectivity index (χ3v) is 10.8. The van der Waals surface area contributed by atoms with Gasteiger partial charge in [0.1, 0.15) is 12.2 Å². The maximum atomic E-state index is 12.9. The molecule has 1 aromatic rings. The summed E-state index contributed by atoms with van der Waals surface area (Å²) in [5, 5.41) is 25.3. The SMILES string of the molecule is CO[C@]12O[C@]34[C@@H]5C[C@]6(C(C)C)O[C@@H]3[C@@]1(O)[C@@H](O[C@@]4(O)CC[C@@]5(C)[C@H](c1ccoc1)O6)C(C)(C)C=C2C. The zero-order valence-electron chi connectivity index (χ0n) is 22.2. The lowest BCUT2D eigenvalue weighted by molar-refractivity contribution is -0.496. The van der Waals surface area contributed by atoms with Gasteiger partial charge in [0.15, 0.2) is 22.8 Å². The Hall–Kier alpha value is -1.26. The number of aliphatic hydroxyl groups is 2. The molecule has 10 atom stereocenters. The predicted molar refractivity (Wildman–Crippen MR) is 126 cm³/mol. The second-order valence-electron chi connectivity index (χ2n) is 13.3. The van der Waals surface area contributed by atoms with E-state index in [0.29, 0.717) is 19.3 Å². The molecule has 8 nitrogen and oxygen atoms in total. The maximum absolute atomic E-state index is 12.9. The van der Waals surface area contributed by atoms with Crippen LogP contribution in [0.3, 0.4) is 0 Å². The zero-order valence-corrected chi connectivity index (χ0v) is 22.2. The van der Waals surface area contributed by atoms with Crippen molar-refractivity contribution < 1.29 is 38.3 Å². The van der Waals surface area contributed by atoms with Gasteiger partial charge in [0.05, 0.1) is 18.6 Å². The van der Waals surface area contributed by atoms with Crippen molar-refractivity contribution in [1.82, 2.24) is 0 Å². The van der Waals surface area contributed by atoms with Gasteiger partial charge in [-0.2, -0.15) is 0 Å². The van der Waals surface area contributed by atoms with Gasteiger partial charge in [-0.25, -0.2) is 0 Å². The van der Waals surface area contributed by atoms with Gasteiger partial charge in [0, 0.05) is 48.2 Å². The molecule has 0 unspecified atom stereocenters. The second-order valence-corrected chi connectivity index (χ2v) is 13.3. The predicted octanol–water partition coefficient (Wildman–Crippen LogP) is 3.82. The normalized spacial score (nSPS) is 56.0. The molecule has 7 rings (SSSR count). The van der Waals surface area contributed by atoms with Crippen LogP contribution in [0.1, 0.15) is 72.5 Å². The fourth-order valence-electron chi connectivity index (χ4n) is 9.14. The van der Waals surface area contributed by atoms with E-state index in [0.717, 1.165) is 11.1 Å². The average Bonchev–Trinajstić information content (AvgIpc) is 3.40. The number of rotatable bonds is 3. The molecule has 2 N–H and O–H groups in total. The van der Waals surface area contributed by atoms with Gasteiger partial charge in [-0.05, 0) is 25.0 Å². The number of ether oxygens (including phenoxy) is 5. The van der Waals surface area contributed by atoms with Crippen LogP contribution in [0, 0.1) is 22.7 Å². The van der Waals surface area contributed by atoms with E-state index in [2.05, 4.69) is 20.8 Å². The first-order chi connectivity index (χ1) is 16.8. The lowest BCUT2D eigenvalue weighted by atomic mass is 9.47. The Morgan fingerprint density at radius 1 is 1.06 bits per heavy atom. The van der Waals surface area contributed by atoms with Gasteiger partial charge in [0.2, 0.25) is 5.79 Å². The van der Waals surface area contributed by atoms with Crippen molar-refractivity contribution in [2.24, 2.45) is 22.7 Å². The molecule has 5 fully saturated rings. The van der Waals surface area contributed by atoms with E-state index in [1.165, 1.54) is 0 Å². The van der Waals surface area contributed by atoms with Crippen LogP contribution in [0.5, 0.6) is 0 Å². The highest BCUT2D eigenvalue weighted by Gasteiger charge is 2.92. The number of fused-ring (bicyclic) bond motifs is 1. The van der Waals surface area contributed by atoms with Crippen LogP contribution in [-0.4, -0.2) is 58.1 Å². The Labute approximate surface area is 211 Å². The Kier molecular flexibility index (Phi) is 4.29. The summed E-state index contributed by atoms with van der Waals surface area (Å²) in [5.41, 5.74) is -2.45. The van der Waals surface area contributed by atoms with Crippen LogP contribution in [0.4, 0.5) is 0 Å². The maximum Gasteiger partial charge on any atom is 0.226 e. The summed E-state index contributed by atoms with van der Waals surface area (Å²) in [7, 11) is 1.55. The summed E-state index contributed by atoms with van der Waals surface area (Å²) in [5.74, 6) is -4.48. The molecule has 36 heavy (non-hydrogen) atoms. The van der Waals surface area contributed by atoms with Crippen LogP contribution < -0.4 is 0 Å². The Balaban J connectivity index is 1.53. The van der Waals surface area contributed by atoms with Crippen molar-refractivity contribution in [3.8, 4) is 0 Å². The first kappa shape index (κ1) is 23.8. The molecule has 4 aliphatic heterocycles. The summed E-state index contributed by atoms with van der Waals surface area (Å²) in [6.45, 7) is 12.3. The molecule has 1 saturated carbocycles. The Morgan fingerprint density at radius 3 is 2.44 bits per heavy atom. The van der Waals surface area contributed by atoms with Gasteiger partial charge >= 0.3 is 0 Å². The third-order valence-electron chi connectivity index (χ3n) is 10.8. The zero-order chi connectivity index (χ0) is 25.7.